The SMILES string of the molecule is O=C1NC(COc2ccccc2)=N/C1=C/c1ccccn1. The summed E-state index contributed by atoms with van der Waals surface area (Å²) in [5, 5.41) is 2.68. The van der Waals surface area contributed by atoms with Gasteiger partial charge in [0.2, 0.25) is 0 Å². The monoisotopic (exact) mass is 279 g/mol. The number of nitrogens with zero attached hydrogens (tertiary/aromatic N) is 2. The van der Waals surface area contributed by atoms with Gasteiger partial charge in [-0.05, 0) is 30.3 Å². The molecule has 0 radical (unpaired) electrons. The minimum atomic E-state index is -0.243. The van der Waals surface area contributed by atoms with Crippen molar-refractivity contribution in [3.63, 3.8) is 0 Å². The van der Waals surface area contributed by atoms with E-state index in [0.29, 0.717) is 17.2 Å². The molecule has 3 rings (SSSR count). The summed E-state index contributed by atoms with van der Waals surface area (Å²) in [6.07, 6.45) is 3.31. The highest BCUT2D eigenvalue weighted by molar-refractivity contribution is 6.14. The number of aromatic nitrogens is 1. The number of amides is 1. The molecule has 0 unspecified atom stereocenters. The lowest BCUT2D eigenvalue weighted by molar-refractivity contribution is -0.115. The minimum Gasteiger partial charge on any atom is -0.486 e. The summed E-state index contributed by atoms with van der Waals surface area (Å²) in [4.78, 5) is 20.2. The van der Waals surface area contributed by atoms with Crippen molar-refractivity contribution in [1.29, 1.82) is 0 Å². The quantitative estimate of drug-likeness (QED) is 0.871. The summed E-state index contributed by atoms with van der Waals surface area (Å²) in [6.45, 7) is 0.218. The van der Waals surface area contributed by atoms with Crippen molar-refractivity contribution in [2.75, 3.05) is 6.61 Å². The Labute approximate surface area is 122 Å². The van der Waals surface area contributed by atoms with Crippen LogP contribution in [0.3, 0.4) is 0 Å². The Morgan fingerprint density at radius 1 is 1.10 bits per heavy atom. The molecule has 1 aromatic heterocycles. The average Bonchev–Trinajstić information content (AvgIpc) is 2.87. The van der Waals surface area contributed by atoms with E-state index < -0.39 is 0 Å². The van der Waals surface area contributed by atoms with E-state index in [-0.39, 0.29) is 12.5 Å². The number of nitrogens with one attached hydrogen (secondary N) is 1. The molecule has 1 N–H and O–H groups in total. The Balaban J connectivity index is 1.69. The molecule has 2 heterocycles. The van der Waals surface area contributed by atoms with E-state index in [2.05, 4.69) is 15.3 Å². The van der Waals surface area contributed by atoms with E-state index in [0.717, 1.165) is 5.75 Å². The molecule has 1 aliphatic heterocycles. The standard InChI is InChI=1S/C16H13N3O2/c20-16-14(10-12-6-4-5-9-17-12)18-15(19-16)11-21-13-7-2-1-3-8-13/h1-10H,11H2,(H,18,19,20)/b14-10+. The van der Waals surface area contributed by atoms with Crippen LogP contribution in [-0.4, -0.2) is 23.3 Å². The predicted octanol–water partition coefficient (Wildman–Crippen LogP) is 2.03. The lowest BCUT2D eigenvalue weighted by Crippen LogP contribution is -2.28. The summed E-state index contributed by atoms with van der Waals surface area (Å²) in [7, 11) is 0. The Morgan fingerprint density at radius 3 is 2.67 bits per heavy atom. The molecule has 104 valence electrons. The Bertz CT molecular complexity index is 694. The van der Waals surface area contributed by atoms with Crippen molar-refractivity contribution >= 4 is 17.8 Å². The van der Waals surface area contributed by atoms with Crippen LogP contribution >= 0.6 is 0 Å². The van der Waals surface area contributed by atoms with Crippen LogP contribution in [0.15, 0.2) is 65.4 Å². The molecule has 0 fully saturated rings. The fourth-order valence-corrected chi connectivity index (χ4v) is 1.86. The molecule has 5 heteroatoms. The van der Waals surface area contributed by atoms with Crippen molar-refractivity contribution < 1.29 is 9.53 Å². The van der Waals surface area contributed by atoms with Crippen molar-refractivity contribution in [3.8, 4) is 5.75 Å². The summed E-state index contributed by atoms with van der Waals surface area (Å²) in [6, 6.07) is 14.9. The van der Waals surface area contributed by atoms with Gasteiger partial charge in [0.15, 0.2) is 0 Å². The molecule has 2 aromatic rings. The molecule has 0 aliphatic carbocycles. The number of amidine groups is 1. The number of benzene rings is 1. The number of carbonyl (C=O) groups excluding carboxylic acids is 1. The Morgan fingerprint density at radius 2 is 1.90 bits per heavy atom. The van der Waals surface area contributed by atoms with Crippen LogP contribution in [0.5, 0.6) is 5.75 Å². The molecule has 0 atom stereocenters. The van der Waals surface area contributed by atoms with Gasteiger partial charge in [0, 0.05) is 6.20 Å². The number of para-hydroxylation sites is 1. The second-order valence-corrected chi connectivity index (χ2v) is 4.40. The fourth-order valence-electron chi connectivity index (χ4n) is 1.86. The smallest absolute Gasteiger partial charge is 0.275 e. The van der Waals surface area contributed by atoms with E-state index in [1.54, 1.807) is 12.3 Å². The van der Waals surface area contributed by atoms with Gasteiger partial charge >= 0.3 is 0 Å². The van der Waals surface area contributed by atoms with E-state index in [4.69, 9.17) is 4.74 Å². The first-order chi connectivity index (χ1) is 10.3. The van der Waals surface area contributed by atoms with Crippen molar-refractivity contribution in [2.45, 2.75) is 0 Å². The second kappa shape index (κ2) is 6.00. The molecule has 0 spiro atoms. The van der Waals surface area contributed by atoms with Gasteiger partial charge in [0.05, 0.1) is 5.69 Å². The van der Waals surface area contributed by atoms with Gasteiger partial charge in [-0.2, -0.15) is 0 Å². The predicted molar refractivity (Wildman–Crippen MR) is 79.7 cm³/mol. The molecule has 0 saturated carbocycles. The summed E-state index contributed by atoms with van der Waals surface area (Å²) in [5.41, 5.74) is 1.02. The highest BCUT2D eigenvalue weighted by Gasteiger charge is 2.20. The number of hydrogen-bond acceptors (Lipinski definition) is 4. The van der Waals surface area contributed by atoms with Crippen molar-refractivity contribution in [2.24, 2.45) is 4.99 Å². The van der Waals surface area contributed by atoms with Gasteiger partial charge in [-0.1, -0.05) is 24.3 Å². The molecule has 21 heavy (non-hydrogen) atoms. The third-order valence-corrected chi connectivity index (χ3v) is 2.84. The molecule has 1 amide bonds. The molecule has 5 nitrogen and oxygen atoms in total. The van der Waals surface area contributed by atoms with Crippen molar-refractivity contribution in [3.05, 3.63) is 66.1 Å². The van der Waals surface area contributed by atoms with Crippen LogP contribution in [0.4, 0.5) is 0 Å². The molecular formula is C16H13N3O2. The minimum absolute atomic E-state index is 0.218. The third-order valence-electron chi connectivity index (χ3n) is 2.84. The van der Waals surface area contributed by atoms with Gasteiger partial charge in [-0.15, -0.1) is 0 Å². The highest BCUT2D eigenvalue weighted by Crippen LogP contribution is 2.12. The van der Waals surface area contributed by atoms with Crippen molar-refractivity contribution in [1.82, 2.24) is 10.3 Å². The average molecular weight is 279 g/mol. The van der Waals surface area contributed by atoms with E-state index in [1.165, 1.54) is 0 Å². The lowest BCUT2D eigenvalue weighted by atomic mass is 10.3. The topological polar surface area (TPSA) is 63.6 Å². The third kappa shape index (κ3) is 3.33. The zero-order valence-electron chi connectivity index (χ0n) is 11.2. The summed E-state index contributed by atoms with van der Waals surface area (Å²) < 4.78 is 5.55. The number of carbonyl (C=O) groups is 1. The van der Waals surface area contributed by atoms with Gasteiger partial charge < -0.3 is 10.1 Å². The van der Waals surface area contributed by atoms with Gasteiger partial charge in [0.1, 0.15) is 23.9 Å². The molecule has 0 saturated heterocycles. The lowest BCUT2D eigenvalue weighted by Gasteiger charge is -2.04. The summed E-state index contributed by atoms with van der Waals surface area (Å²) >= 11 is 0. The number of hydrogen-bond donors (Lipinski definition) is 1. The van der Waals surface area contributed by atoms with E-state index in [1.807, 2.05) is 48.5 Å². The maximum absolute atomic E-state index is 11.8. The molecular weight excluding hydrogens is 266 g/mol. The van der Waals surface area contributed by atoms with Crippen LogP contribution in [0.1, 0.15) is 5.69 Å². The first kappa shape index (κ1) is 13.1. The molecule has 0 bridgehead atoms. The van der Waals surface area contributed by atoms with Crippen LogP contribution in [0.2, 0.25) is 0 Å². The number of aliphatic imine (C=N–C) groups is 1. The second-order valence-electron chi connectivity index (χ2n) is 4.40. The zero-order valence-corrected chi connectivity index (χ0v) is 11.2. The maximum Gasteiger partial charge on any atom is 0.275 e. The summed E-state index contributed by atoms with van der Waals surface area (Å²) in [5.74, 6) is 0.981. The number of pyridine rings is 1. The normalized spacial score (nSPS) is 15.7. The first-order valence-electron chi connectivity index (χ1n) is 6.51. The van der Waals surface area contributed by atoms with E-state index >= 15 is 0 Å². The highest BCUT2D eigenvalue weighted by atomic mass is 16.5. The molecule has 1 aliphatic rings. The van der Waals surface area contributed by atoms with Crippen LogP contribution in [0.25, 0.3) is 6.08 Å². The van der Waals surface area contributed by atoms with Crippen LogP contribution in [0, 0.1) is 0 Å². The largest absolute Gasteiger partial charge is 0.486 e. The zero-order chi connectivity index (χ0) is 14.5. The first-order valence-corrected chi connectivity index (χ1v) is 6.51. The Hall–Kier alpha value is -2.95. The van der Waals surface area contributed by atoms with Gasteiger partial charge in [0.25, 0.3) is 5.91 Å². The fraction of sp³-hybridized carbons (Fsp3) is 0.0625. The van der Waals surface area contributed by atoms with Crippen LogP contribution in [-0.2, 0) is 4.79 Å². The maximum atomic E-state index is 11.8. The molecule has 1 aromatic carbocycles. The van der Waals surface area contributed by atoms with Gasteiger partial charge in [-0.25, -0.2) is 4.99 Å². The van der Waals surface area contributed by atoms with Crippen LogP contribution < -0.4 is 10.1 Å². The number of ether oxygens (including phenoxy) is 1. The number of rotatable bonds is 4. The van der Waals surface area contributed by atoms with Gasteiger partial charge in [-0.3, -0.25) is 9.78 Å². The van der Waals surface area contributed by atoms with E-state index in [9.17, 15) is 4.79 Å². The Kier molecular flexibility index (Phi) is 3.73.